The van der Waals surface area contributed by atoms with E-state index in [0.717, 1.165) is 36.3 Å². The Kier molecular flexibility index (Phi) is 3.51. The fourth-order valence-electron chi connectivity index (χ4n) is 3.30. The summed E-state index contributed by atoms with van der Waals surface area (Å²) in [5.74, 6) is 2.42. The van der Waals surface area contributed by atoms with E-state index in [2.05, 4.69) is 10.1 Å². The van der Waals surface area contributed by atoms with Crippen molar-refractivity contribution in [2.75, 3.05) is 0 Å². The highest BCUT2D eigenvalue weighted by atomic mass is 16.5. The van der Waals surface area contributed by atoms with E-state index in [4.69, 9.17) is 19.8 Å². The van der Waals surface area contributed by atoms with E-state index >= 15 is 0 Å². The van der Waals surface area contributed by atoms with Crippen LogP contribution in [-0.2, 0) is 5.54 Å². The Labute approximate surface area is 155 Å². The van der Waals surface area contributed by atoms with E-state index in [1.165, 1.54) is 0 Å². The van der Waals surface area contributed by atoms with E-state index in [-0.39, 0.29) is 0 Å². The molecule has 7 heteroatoms. The number of aromatic nitrogens is 4. The zero-order chi connectivity index (χ0) is 18.4. The van der Waals surface area contributed by atoms with Crippen LogP contribution in [-0.4, -0.2) is 19.9 Å². The van der Waals surface area contributed by atoms with Crippen LogP contribution in [0.15, 0.2) is 57.6 Å². The minimum absolute atomic E-state index is 0.396. The number of furan rings is 1. The van der Waals surface area contributed by atoms with Gasteiger partial charge in [0.05, 0.1) is 16.8 Å². The first-order valence-electron chi connectivity index (χ1n) is 8.98. The SMILES string of the molecule is Cc1ccc(-c2nn(-c3ccccc3)cc2-c2nc(C3(N)CCC3)no2)o1. The van der Waals surface area contributed by atoms with Crippen molar-refractivity contribution in [1.82, 2.24) is 19.9 Å². The summed E-state index contributed by atoms with van der Waals surface area (Å²) >= 11 is 0. The van der Waals surface area contributed by atoms with E-state index in [1.54, 1.807) is 4.68 Å². The van der Waals surface area contributed by atoms with Crippen molar-refractivity contribution in [3.8, 4) is 28.6 Å². The van der Waals surface area contributed by atoms with Crippen LogP contribution in [0.1, 0.15) is 30.8 Å². The fraction of sp³-hybridized carbons (Fsp3) is 0.250. The molecule has 136 valence electrons. The van der Waals surface area contributed by atoms with Crippen molar-refractivity contribution in [3.63, 3.8) is 0 Å². The summed E-state index contributed by atoms with van der Waals surface area (Å²) in [5.41, 5.74) is 8.17. The van der Waals surface area contributed by atoms with Crippen LogP contribution in [0.5, 0.6) is 0 Å². The van der Waals surface area contributed by atoms with Crippen LogP contribution in [0.25, 0.3) is 28.6 Å². The molecular formula is C20H19N5O2. The summed E-state index contributed by atoms with van der Waals surface area (Å²) in [7, 11) is 0. The predicted molar refractivity (Wildman–Crippen MR) is 99.0 cm³/mol. The number of nitrogens with zero attached hydrogens (tertiary/aromatic N) is 4. The van der Waals surface area contributed by atoms with Crippen molar-refractivity contribution in [2.45, 2.75) is 31.7 Å². The monoisotopic (exact) mass is 361 g/mol. The van der Waals surface area contributed by atoms with Gasteiger partial charge in [-0.25, -0.2) is 4.68 Å². The average molecular weight is 361 g/mol. The van der Waals surface area contributed by atoms with Crippen LogP contribution in [0.3, 0.4) is 0 Å². The van der Waals surface area contributed by atoms with Crippen molar-refractivity contribution >= 4 is 0 Å². The fourth-order valence-corrected chi connectivity index (χ4v) is 3.30. The molecule has 1 aromatic carbocycles. The molecule has 0 atom stereocenters. The summed E-state index contributed by atoms with van der Waals surface area (Å²) in [6, 6.07) is 13.7. The Morgan fingerprint density at radius 3 is 2.59 bits per heavy atom. The summed E-state index contributed by atoms with van der Waals surface area (Å²) in [6.07, 6.45) is 4.71. The quantitative estimate of drug-likeness (QED) is 0.593. The molecule has 3 heterocycles. The molecule has 27 heavy (non-hydrogen) atoms. The van der Waals surface area contributed by atoms with Crippen molar-refractivity contribution < 1.29 is 8.94 Å². The number of rotatable bonds is 4. The Bertz CT molecular complexity index is 1090. The molecule has 3 aromatic heterocycles. The zero-order valence-electron chi connectivity index (χ0n) is 14.9. The first-order chi connectivity index (χ1) is 13.1. The van der Waals surface area contributed by atoms with Gasteiger partial charge in [-0.2, -0.15) is 10.1 Å². The Hall–Kier alpha value is -3.19. The molecule has 0 spiro atoms. The van der Waals surface area contributed by atoms with Gasteiger partial charge < -0.3 is 14.7 Å². The maximum absolute atomic E-state index is 6.34. The van der Waals surface area contributed by atoms with E-state index < -0.39 is 5.54 Å². The molecular weight excluding hydrogens is 342 g/mol. The van der Waals surface area contributed by atoms with Gasteiger partial charge >= 0.3 is 0 Å². The number of para-hydroxylation sites is 1. The summed E-state index contributed by atoms with van der Waals surface area (Å²) in [6.45, 7) is 1.90. The first-order valence-corrected chi connectivity index (χ1v) is 8.98. The number of nitrogens with two attached hydrogens (primary N) is 1. The number of hydrogen-bond donors (Lipinski definition) is 1. The molecule has 1 saturated carbocycles. The normalized spacial score (nSPS) is 15.6. The van der Waals surface area contributed by atoms with Crippen LogP contribution in [0.4, 0.5) is 0 Å². The molecule has 7 nitrogen and oxygen atoms in total. The second-order valence-electron chi connectivity index (χ2n) is 7.01. The van der Waals surface area contributed by atoms with Crippen LogP contribution >= 0.6 is 0 Å². The molecule has 0 bridgehead atoms. The first kappa shape index (κ1) is 16.0. The van der Waals surface area contributed by atoms with Gasteiger partial charge in [-0.1, -0.05) is 23.4 Å². The third-order valence-corrected chi connectivity index (χ3v) is 5.06. The second kappa shape index (κ2) is 5.92. The lowest BCUT2D eigenvalue weighted by Crippen LogP contribution is -2.44. The molecule has 5 rings (SSSR count). The van der Waals surface area contributed by atoms with Crippen LogP contribution < -0.4 is 5.73 Å². The van der Waals surface area contributed by atoms with E-state index in [9.17, 15) is 0 Å². The third kappa shape index (κ3) is 2.67. The highest BCUT2D eigenvalue weighted by Crippen LogP contribution is 2.39. The lowest BCUT2D eigenvalue weighted by molar-refractivity contribution is 0.229. The molecule has 0 amide bonds. The van der Waals surface area contributed by atoms with Gasteiger partial charge in [0.25, 0.3) is 5.89 Å². The maximum Gasteiger partial charge on any atom is 0.261 e. The van der Waals surface area contributed by atoms with Crippen LogP contribution in [0.2, 0.25) is 0 Å². The number of hydrogen-bond acceptors (Lipinski definition) is 6. The molecule has 1 aliphatic carbocycles. The predicted octanol–water partition coefficient (Wildman–Crippen LogP) is 3.83. The zero-order valence-corrected chi connectivity index (χ0v) is 14.9. The van der Waals surface area contributed by atoms with Gasteiger partial charge in [0.15, 0.2) is 11.6 Å². The summed E-state index contributed by atoms with van der Waals surface area (Å²) < 4.78 is 13.1. The number of aryl methyl sites for hydroxylation is 1. The Morgan fingerprint density at radius 2 is 1.93 bits per heavy atom. The van der Waals surface area contributed by atoms with Crippen molar-refractivity contribution in [2.24, 2.45) is 5.73 Å². The lowest BCUT2D eigenvalue weighted by Gasteiger charge is -2.34. The molecule has 4 aromatic rings. The molecule has 1 aliphatic rings. The molecule has 0 aliphatic heterocycles. The number of benzene rings is 1. The van der Waals surface area contributed by atoms with E-state index in [1.807, 2.05) is 55.6 Å². The molecule has 0 saturated heterocycles. The van der Waals surface area contributed by atoms with Gasteiger partial charge in [-0.05, 0) is 50.5 Å². The third-order valence-electron chi connectivity index (χ3n) is 5.06. The molecule has 2 N–H and O–H groups in total. The minimum Gasteiger partial charge on any atom is -0.460 e. The van der Waals surface area contributed by atoms with E-state index in [0.29, 0.717) is 23.2 Å². The second-order valence-corrected chi connectivity index (χ2v) is 7.01. The van der Waals surface area contributed by atoms with Gasteiger partial charge in [0, 0.05) is 6.20 Å². The van der Waals surface area contributed by atoms with Crippen LogP contribution in [0, 0.1) is 6.92 Å². The largest absolute Gasteiger partial charge is 0.460 e. The maximum atomic E-state index is 6.34. The lowest BCUT2D eigenvalue weighted by atomic mass is 9.77. The van der Waals surface area contributed by atoms with Gasteiger partial charge in [-0.15, -0.1) is 0 Å². The van der Waals surface area contributed by atoms with Crippen molar-refractivity contribution in [3.05, 3.63) is 60.2 Å². The molecule has 1 fully saturated rings. The Balaban J connectivity index is 1.63. The van der Waals surface area contributed by atoms with Crippen molar-refractivity contribution in [1.29, 1.82) is 0 Å². The smallest absolute Gasteiger partial charge is 0.261 e. The standard InChI is InChI=1S/C20H19N5O2/c1-13-8-9-16(26-13)17-15(12-25(23-17)14-6-3-2-4-7-14)18-22-19(24-27-18)20(21)10-5-11-20/h2-4,6-9,12H,5,10-11,21H2,1H3. The highest BCUT2D eigenvalue weighted by molar-refractivity contribution is 5.74. The van der Waals surface area contributed by atoms with Gasteiger partial charge in [-0.3, -0.25) is 0 Å². The summed E-state index contributed by atoms with van der Waals surface area (Å²) in [5, 5.41) is 8.84. The van der Waals surface area contributed by atoms with Gasteiger partial charge in [0.1, 0.15) is 11.5 Å². The average Bonchev–Trinajstić information content (AvgIpc) is 3.39. The molecule has 0 unspecified atom stereocenters. The Morgan fingerprint density at radius 1 is 1.11 bits per heavy atom. The minimum atomic E-state index is -0.474. The topological polar surface area (TPSA) is 95.9 Å². The highest BCUT2D eigenvalue weighted by Gasteiger charge is 2.39. The van der Waals surface area contributed by atoms with Gasteiger partial charge in [0.2, 0.25) is 0 Å². The summed E-state index contributed by atoms with van der Waals surface area (Å²) in [4.78, 5) is 4.58. The molecule has 0 radical (unpaired) electrons.